The van der Waals surface area contributed by atoms with Crippen LogP contribution in [0.4, 0.5) is 4.39 Å². The molecule has 1 aromatic carbocycles. The molecule has 0 atom stereocenters. The third-order valence-corrected chi connectivity index (χ3v) is 3.59. The van der Waals surface area contributed by atoms with Crippen LogP contribution in [-0.4, -0.2) is 41.1 Å². The number of benzene rings is 1. The first kappa shape index (κ1) is 18.9. The molecule has 2 aromatic rings. The van der Waals surface area contributed by atoms with Gasteiger partial charge in [0.15, 0.2) is 11.8 Å². The first-order valence-corrected chi connectivity index (χ1v) is 8.56. The van der Waals surface area contributed by atoms with Crippen molar-refractivity contribution < 1.29 is 8.91 Å². The zero-order valence-electron chi connectivity index (χ0n) is 15.3. The number of hydrogen-bond acceptors (Lipinski definition) is 4. The molecule has 0 bridgehead atoms. The fraction of sp³-hybridized carbons (Fsp3) is 0.500. The van der Waals surface area contributed by atoms with E-state index in [0.29, 0.717) is 31.2 Å². The normalized spacial score (nSPS) is 11.8. The van der Waals surface area contributed by atoms with E-state index in [2.05, 4.69) is 20.4 Å². The van der Waals surface area contributed by atoms with Crippen LogP contribution in [-0.2, 0) is 13.0 Å². The van der Waals surface area contributed by atoms with Crippen molar-refractivity contribution in [3.05, 3.63) is 47.4 Å². The van der Waals surface area contributed by atoms with Gasteiger partial charge in [-0.1, -0.05) is 31.1 Å². The molecule has 0 aliphatic heterocycles. The third kappa shape index (κ3) is 5.85. The monoisotopic (exact) mass is 347 g/mol. The lowest BCUT2D eigenvalue weighted by Crippen LogP contribution is -2.38. The van der Waals surface area contributed by atoms with Gasteiger partial charge in [-0.05, 0) is 24.6 Å². The van der Waals surface area contributed by atoms with Gasteiger partial charge in [0.25, 0.3) is 0 Å². The molecular weight excluding hydrogens is 321 g/mol. The second-order valence-electron chi connectivity index (χ2n) is 6.17. The first-order chi connectivity index (χ1) is 12.0. The van der Waals surface area contributed by atoms with Crippen molar-refractivity contribution >= 4 is 5.96 Å². The summed E-state index contributed by atoms with van der Waals surface area (Å²) in [7, 11) is 1.93. The Kier molecular flexibility index (Phi) is 6.91. The molecule has 7 heteroatoms. The summed E-state index contributed by atoms with van der Waals surface area (Å²) in [5.74, 6) is 2.08. The van der Waals surface area contributed by atoms with Gasteiger partial charge in [-0.15, -0.1) is 0 Å². The maximum absolute atomic E-state index is 13.3. The smallest absolute Gasteiger partial charge is 0.228 e. The zero-order chi connectivity index (χ0) is 18.2. The summed E-state index contributed by atoms with van der Waals surface area (Å²) in [5.41, 5.74) is 0.895. The minimum absolute atomic E-state index is 0.231. The molecule has 1 aromatic heterocycles. The van der Waals surface area contributed by atoms with E-state index in [1.807, 2.05) is 38.8 Å². The average molecular weight is 347 g/mol. The number of halogens is 1. The Morgan fingerprint density at radius 3 is 2.84 bits per heavy atom. The van der Waals surface area contributed by atoms with E-state index in [4.69, 9.17) is 4.52 Å². The van der Waals surface area contributed by atoms with Crippen LogP contribution in [0.2, 0.25) is 0 Å². The molecule has 0 amide bonds. The lowest BCUT2D eigenvalue weighted by Gasteiger charge is -2.22. The van der Waals surface area contributed by atoms with E-state index >= 15 is 0 Å². The van der Waals surface area contributed by atoms with E-state index in [9.17, 15) is 4.39 Å². The molecule has 0 aliphatic carbocycles. The summed E-state index contributed by atoms with van der Waals surface area (Å²) in [5, 5.41) is 7.20. The van der Waals surface area contributed by atoms with Gasteiger partial charge in [-0.25, -0.2) is 4.39 Å². The topological polar surface area (TPSA) is 66.5 Å². The number of rotatable bonds is 7. The molecular formula is C18H26FN5O. The lowest BCUT2D eigenvalue weighted by atomic mass is 10.2. The Bertz CT molecular complexity index is 698. The van der Waals surface area contributed by atoms with Crippen LogP contribution in [0.15, 0.2) is 33.8 Å². The van der Waals surface area contributed by atoms with E-state index in [1.165, 1.54) is 12.1 Å². The summed E-state index contributed by atoms with van der Waals surface area (Å²) in [4.78, 5) is 10.9. The largest absolute Gasteiger partial charge is 0.357 e. The minimum Gasteiger partial charge on any atom is -0.357 e. The summed E-state index contributed by atoms with van der Waals surface area (Å²) in [6.07, 6.45) is 0.586. The van der Waals surface area contributed by atoms with Gasteiger partial charge >= 0.3 is 0 Å². The fourth-order valence-corrected chi connectivity index (χ4v) is 2.32. The summed E-state index contributed by atoms with van der Waals surface area (Å²) in [6.45, 7) is 7.93. The molecule has 0 aliphatic rings. The fourth-order valence-electron chi connectivity index (χ4n) is 2.32. The van der Waals surface area contributed by atoms with Crippen LogP contribution in [0.1, 0.15) is 44.0 Å². The Morgan fingerprint density at radius 2 is 2.20 bits per heavy atom. The van der Waals surface area contributed by atoms with E-state index in [1.54, 1.807) is 6.07 Å². The van der Waals surface area contributed by atoms with Crippen LogP contribution in [0.3, 0.4) is 0 Å². The highest BCUT2D eigenvalue weighted by molar-refractivity contribution is 5.79. The minimum atomic E-state index is -0.231. The predicted molar refractivity (Wildman–Crippen MR) is 95.9 cm³/mol. The third-order valence-electron chi connectivity index (χ3n) is 3.59. The van der Waals surface area contributed by atoms with Crippen molar-refractivity contribution in [2.45, 2.75) is 39.7 Å². The van der Waals surface area contributed by atoms with E-state index in [0.717, 1.165) is 18.1 Å². The van der Waals surface area contributed by atoms with Crippen LogP contribution >= 0.6 is 0 Å². The van der Waals surface area contributed by atoms with Gasteiger partial charge < -0.3 is 14.7 Å². The zero-order valence-corrected chi connectivity index (χ0v) is 15.3. The van der Waals surface area contributed by atoms with Crippen molar-refractivity contribution in [3.63, 3.8) is 0 Å². The number of aliphatic imine (C=N–C) groups is 1. The van der Waals surface area contributed by atoms with Crippen LogP contribution < -0.4 is 5.32 Å². The molecule has 1 heterocycles. The van der Waals surface area contributed by atoms with Gasteiger partial charge in [0, 0.05) is 32.5 Å². The molecule has 0 saturated heterocycles. The first-order valence-electron chi connectivity index (χ1n) is 8.56. The number of nitrogens with one attached hydrogen (secondary N) is 1. The molecule has 0 saturated carbocycles. The summed E-state index contributed by atoms with van der Waals surface area (Å²) in [6, 6.07) is 6.59. The summed E-state index contributed by atoms with van der Waals surface area (Å²) >= 11 is 0. The van der Waals surface area contributed by atoms with Gasteiger partial charge in [-0.3, -0.25) is 4.99 Å². The molecule has 0 unspecified atom stereocenters. The molecule has 136 valence electrons. The Labute approximate surface area is 148 Å². The molecule has 0 radical (unpaired) electrons. The van der Waals surface area contributed by atoms with Crippen LogP contribution in [0.25, 0.3) is 0 Å². The molecule has 0 spiro atoms. The second kappa shape index (κ2) is 9.15. The molecule has 2 rings (SSSR count). The molecule has 6 nitrogen and oxygen atoms in total. The van der Waals surface area contributed by atoms with Crippen LogP contribution in [0.5, 0.6) is 0 Å². The number of nitrogens with zero attached hydrogens (tertiary/aromatic N) is 4. The predicted octanol–water partition coefficient (Wildman–Crippen LogP) is 2.97. The van der Waals surface area contributed by atoms with E-state index in [-0.39, 0.29) is 11.7 Å². The number of hydrogen-bond donors (Lipinski definition) is 1. The highest BCUT2D eigenvalue weighted by Gasteiger charge is 2.10. The standard InChI is InChI=1S/C18H26FN5O/c1-5-20-18(24(4)12-14-7-6-8-15(19)11-14)21-10-9-16-22-17(13(2)3)23-25-16/h6-8,11,13H,5,9-10,12H2,1-4H3,(H,20,21). The van der Waals surface area contributed by atoms with Crippen molar-refractivity contribution in [1.29, 1.82) is 0 Å². The second-order valence-corrected chi connectivity index (χ2v) is 6.17. The number of guanidine groups is 1. The van der Waals surface area contributed by atoms with Gasteiger partial charge in [0.1, 0.15) is 5.82 Å². The maximum Gasteiger partial charge on any atom is 0.228 e. The van der Waals surface area contributed by atoms with Gasteiger partial charge in [0.05, 0.1) is 6.54 Å². The van der Waals surface area contributed by atoms with Gasteiger partial charge in [-0.2, -0.15) is 4.98 Å². The van der Waals surface area contributed by atoms with E-state index < -0.39 is 0 Å². The Morgan fingerprint density at radius 1 is 1.40 bits per heavy atom. The molecule has 25 heavy (non-hydrogen) atoms. The molecule has 1 N–H and O–H groups in total. The van der Waals surface area contributed by atoms with Crippen molar-refractivity contribution in [1.82, 2.24) is 20.4 Å². The highest BCUT2D eigenvalue weighted by atomic mass is 19.1. The summed E-state index contributed by atoms with van der Waals surface area (Å²) < 4.78 is 18.6. The Hall–Kier alpha value is -2.44. The lowest BCUT2D eigenvalue weighted by molar-refractivity contribution is 0.372. The maximum atomic E-state index is 13.3. The van der Waals surface area contributed by atoms with Crippen molar-refractivity contribution in [3.8, 4) is 0 Å². The SMILES string of the molecule is CCNC(=NCCc1nc(C(C)C)no1)N(C)Cc1cccc(F)c1. The Balaban J connectivity index is 1.96. The highest BCUT2D eigenvalue weighted by Crippen LogP contribution is 2.10. The van der Waals surface area contributed by atoms with Crippen LogP contribution in [0, 0.1) is 5.82 Å². The van der Waals surface area contributed by atoms with Crippen molar-refractivity contribution in [2.24, 2.45) is 4.99 Å². The van der Waals surface area contributed by atoms with Crippen molar-refractivity contribution in [2.75, 3.05) is 20.1 Å². The number of aromatic nitrogens is 2. The average Bonchev–Trinajstić information content (AvgIpc) is 3.03. The van der Waals surface area contributed by atoms with Gasteiger partial charge in [0.2, 0.25) is 5.89 Å². The molecule has 0 fully saturated rings. The quantitative estimate of drug-likeness (QED) is 0.616.